The monoisotopic (exact) mass is 433 g/mol. The molecule has 0 radical (unpaired) electrons. The van der Waals surface area contributed by atoms with Gasteiger partial charge in [-0.3, -0.25) is 4.90 Å². The molecule has 1 aromatic carbocycles. The molecule has 2 aliphatic rings. The zero-order valence-corrected chi connectivity index (χ0v) is 17.9. The van der Waals surface area contributed by atoms with Crippen LogP contribution >= 0.6 is 0 Å². The Morgan fingerprint density at radius 2 is 1.42 bits per heavy atom. The Morgan fingerprint density at radius 3 is 2.13 bits per heavy atom. The van der Waals surface area contributed by atoms with Gasteiger partial charge in [0.25, 0.3) is 0 Å². The summed E-state index contributed by atoms with van der Waals surface area (Å²) in [4.78, 5) is 14.8. The number of hydrogen-bond acceptors (Lipinski definition) is 8. The lowest BCUT2D eigenvalue weighted by Gasteiger charge is -2.26. The maximum Gasteiger partial charge on any atom is 0.336 e. The van der Waals surface area contributed by atoms with Gasteiger partial charge in [-0.2, -0.15) is 0 Å². The van der Waals surface area contributed by atoms with Gasteiger partial charge < -0.3 is 28.1 Å². The predicted molar refractivity (Wildman–Crippen MR) is 115 cm³/mol. The summed E-state index contributed by atoms with van der Waals surface area (Å²) in [7, 11) is 0. The van der Waals surface area contributed by atoms with Crippen LogP contribution in [-0.2, 0) is 20.8 Å². The Bertz CT molecular complexity index is 891. The fourth-order valence-electron chi connectivity index (χ4n) is 3.94. The highest BCUT2D eigenvalue weighted by Gasteiger charge is 2.19. The van der Waals surface area contributed by atoms with Crippen molar-refractivity contribution in [2.45, 2.75) is 25.8 Å². The van der Waals surface area contributed by atoms with E-state index in [2.05, 4.69) is 4.90 Å². The van der Waals surface area contributed by atoms with Crippen molar-refractivity contribution >= 4 is 11.0 Å². The van der Waals surface area contributed by atoms with Crippen molar-refractivity contribution < 1.29 is 28.1 Å². The molecule has 0 spiro atoms. The predicted octanol–water partition coefficient (Wildman–Crippen LogP) is 2.60. The van der Waals surface area contributed by atoms with Crippen LogP contribution in [0.4, 0.5) is 0 Å². The number of piperidine rings is 1. The standard InChI is InChI=1S/C23H31NO7/c25-21-16-18(17-24-6-2-1-3-7-24)19-4-5-20-23(22(19)31-21)30-15-13-28-11-9-26-8-10-27-12-14-29-20/h4-5,16H,1-3,6-15,17H2. The molecule has 3 heterocycles. The van der Waals surface area contributed by atoms with E-state index in [4.69, 9.17) is 28.1 Å². The SMILES string of the molecule is O=c1cc(CN2CCCCC2)c2ccc3c(c2o1)OCCOCCOCCOCCO3. The first-order chi connectivity index (χ1) is 15.3. The van der Waals surface area contributed by atoms with Gasteiger partial charge in [-0.1, -0.05) is 6.42 Å². The molecule has 1 fully saturated rings. The van der Waals surface area contributed by atoms with Crippen LogP contribution in [0.2, 0.25) is 0 Å². The van der Waals surface area contributed by atoms with E-state index in [1.165, 1.54) is 19.3 Å². The molecule has 2 aliphatic heterocycles. The van der Waals surface area contributed by atoms with Crippen LogP contribution in [0.3, 0.4) is 0 Å². The van der Waals surface area contributed by atoms with E-state index in [9.17, 15) is 4.79 Å². The Morgan fingerprint density at radius 1 is 0.774 bits per heavy atom. The van der Waals surface area contributed by atoms with Crippen molar-refractivity contribution in [2.75, 3.05) is 65.9 Å². The molecule has 1 aromatic heterocycles. The number of rotatable bonds is 2. The number of fused-ring (bicyclic) bond motifs is 3. The summed E-state index contributed by atoms with van der Waals surface area (Å²) < 4.78 is 34.0. The maximum atomic E-state index is 12.4. The molecule has 0 aliphatic carbocycles. The zero-order valence-electron chi connectivity index (χ0n) is 17.9. The van der Waals surface area contributed by atoms with Crippen LogP contribution in [0, 0.1) is 0 Å². The first kappa shape index (κ1) is 22.1. The molecule has 8 nitrogen and oxygen atoms in total. The normalized spacial score (nSPS) is 20.1. The molecule has 2 aromatic rings. The first-order valence-corrected chi connectivity index (χ1v) is 11.1. The first-order valence-electron chi connectivity index (χ1n) is 11.1. The van der Waals surface area contributed by atoms with Gasteiger partial charge in [-0.25, -0.2) is 4.79 Å². The number of nitrogens with zero attached hydrogens (tertiary/aromatic N) is 1. The van der Waals surface area contributed by atoms with Crippen LogP contribution in [0.25, 0.3) is 11.0 Å². The summed E-state index contributed by atoms with van der Waals surface area (Å²) in [6.45, 7) is 6.32. The molecular formula is C23H31NO7. The summed E-state index contributed by atoms with van der Waals surface area (Å²) >= 11 is 0. The van der Waals surface area contributed by atoms with E-state index >= 15 is 0 Å². The van der Waals surface area contributed by atoms with E-state index in [1.54, 1.807) is 6.07 Å². The van der Waals surface area contributed by atoms with Crippen LogP contribution in [0.15, 0.2) is 27.4 Å². The summed E-state index contributed by atoms with van der Waals surface area (Å²) in [5, 5.41) is 0.871. The maximum absolute atomic E-state index is 12.4. The minimum atomic E-state index is -0.385. The lowest BCUT2D eigenvalue weighted by Crippen LogP contribution is -2.29. The van der Waals surface area contributed by atoms with E-state index in [1.807, 2.05) is 12.1 Å². The lowest BCUT2D eigenvalue weighted by atomic mass is 10.1. The Balaban J connectivity index is 1.61. The van der Waals surface area contributed by atoms with Gasteiger partial charge in [0.15, 0.2) is 11.3 Å². The highest BCUT2D eigenvalue weighted by molar-refractivity contribution is 5.88. The van der Waals surface area contributed by atoms with Crippen LogP contribution in [0.5, 0.6) is 11.5 Å². The third-order valence-electron chi connectivity index (χ3n) is 5.46. The smallest absolute Gasteiger partial charge is 0.336 e. The van der Waals surface area contributed by atoms with Gasteiger partial charge in [-0.15, -0.1) is 0 Å². The van der Waals surface area contributed by atoms with Gasteiger partial charge in [0.2, 0.25) is 5.75 Å². The lowest BCUT2D eigenvalue weighted by molar-refractivity contribution is 0.00709. The van der Waals surface area contributed by atoms with Crippen molar-refractivity contribution in [1.29, 1.82) is 0 Å². The minimum absolute atomic E-state index is 0.312. The molecule has 4 rings (SSSR count). The van der Waals surface area contributed by atoms with Crippen LogP contribution < -0.4 is 15.1 Å². The van der Waals surface area contributed by atoms with E-state index < -0.39 is 0 Å². The zero-order chi connectivity index (χ0) is 21.3. The van der Waals surface area contributed by atoms with Gasteiger partial charge in [0.05, 0.1) is 39.6 Å². The minimum Gasteiger partial charge on any atom is -0.487 e. The van der Waals surface area contributed by atoms with Gasteiger partial charge in [-0.05, 0) is 43.6 Å². The number of benzene rings is 1. The second kappa shape index (κ2) is 11.5. The number of ether oxygens (including phenoxy) is 5. The van der Waals surface area contributed by atoms with Crippen molar-refractivity contribution in [3.8, 4) is 11.5 Å². The molecule has 31 heavy (non-hydrogen) atoms. The largest absolute Gasteiger partial charge is 0.487 e. The fraction of sp³-hybridized carbons (Fsp3) is 0.609. The van der Waals surface area contributed by atoms with Crippen molar-refractivity contribution in [3.05, 3.63) is 34.2 Å². The quantitative estimate of drug-likeness (QED) is 0.669. The highest BCUT2D eigenvalue weighted by atomic mass is 16.6. The third kappa shape index (κ3) is 6.20. The van der Waals surface area contributed by atoms with Crippen molar-refractivity contribution in [1.82, 2.24) is 4.90 Å². The summed E-state index contributed by atoms with van der Waals surface area (Å²) in [5.74, 6) is 0.963. The highest BCUT2D eigenvalue weighted by Crippen LogP contribution is 2.37. The second-order valence-corrected chi connectivity index (χ2v) is 7.73. The Hall–Kier alpha value is -2.13. The average molecular weight is 434 g/mol. The molecule has 0 amide bonds. The van der Waals surface area contributed by atoms with E-state index in [-0.39, 0.29) is 5.63 Å². The van der Waals surface area contributed by atoms with Crippen molar-refractivity contribution in [2.24, 2.45) is 0 Å². The summed E-state index contributed by atoms with van der Waals surface area (Å²) in [5.41, 5.74) is 0.988. The molecule has 0 unspecified atom stereocenters. The fourth-order valence-corrected chi connectivity index (χ4v) is 3.94. The van der Waals surface area contributed by atoms with Crippen molar-refractivity contribution in [3.63, 3.8) is 0 Å². The second-order valence-electron chi connectivity index (χ2n) is 7.73. The molecule has 8 heteroatoms. The van der Waals surface area contributed by atoms with E-state index in [0.717, 1.165) is 30.6 Å². The third-order valence-corrected chi connectivity index (χ3v) is 5.46. The molecule has 0 bridgehead atoms. The molecule has 170 valence electrons. The average Bonchev–Trinajstić information content (AvgIpc) is 2.78. The number of likely N-dealkylation sites (tertiary alicyclic amines) is 1. The van der Waals surface area contributed by atoms with E-state index in [0.29, 0.717) is 69.9 Å². The Labute approximate surface area is 182 Å². The topological polar surface area (TPSA) is 79.6 Å². The Kier molecular flexibility index (Phi) is 8.17. The van der Waals surface area contributed by atoms with Gasteiger partial charge in [0, 0.05) is 18.0 Å². The number of hydrogen-bond donors (Lipinski definition) is 0. The molecule has 0 atom stereocenters. The molecule has 1 saturated heterocycles. The molecule has 0 N–H and O–H groups in total. The van der Waals surface area contributed by atoms with Crippen LogP contribution in [0.1, 0.15) is 24.8 Å². The van der Waals surface area contributed by atoms with Gasteiger partial charge >= 0.3 is 5.63 Å². The van der Waals surface area contributed by atoms with Gasteiger partial charge in [0.1, 0.15) is 13.2 Å². The molecule has 0 saturated carbocycles. The van der Waals surface area contributed by atoms with Crippen LogP contribution in [-0.4, -0.2) is 70.8 Å². The molecular weight excluding hydrogens is 402 g/mol. The summed E-state index contributed by atoms with van der Waals surface area (Å²) in [6.07, 6.45) is 3.66. The summed E-state index contributed by atoms with van der Waals surface area (Å²) in [6, 6.07) is 5.41.